The standard InChI is InChI=1S/C23H24FN3O5S/c1-16-22(21(32-26-16)11-10-17-6-2-3-9-20(17)24)33(29,30)27-12-4-7-18(15-27)23(28)25-14-19-8-5-13-31-19/h2-3,5-6,8-11,13,18H,4,7,12,14-15H2,1H3,(H,25,28)/b11-10+. The lowest BCUT2D eigenvalue weighted by atomic mass is 9.99. The molecular formula is C23H24FN3O5S. The number of hydrogen-bond donors (Lipinski definition) is 1. The summed E-state index contributed by atoms with van der Waals surface area (Å²) < 4.78 is 52.6. The molecule has 1 unspecified atom stereocenters. The number of carbonyl (C=O) groups excluding carboxylic acids is 1. The molecule has 0 spiro atoms. The highest BCUT2D eigenvalue weighted by Crippen LogP contribution is 2.29. The minimum atomic E-state index is -3.99. The van der Waals surface area contributed by atoms with Crippen molar-refractivity contribution in [2.75, 3.05) is 13.1 Å². The van der Waals surface area contributed by atoms with Gasteiger partial charge in [0.05, 0.1) is 18.7 Å². The van der Waals surface area contributed by atoms with Crippen molar-refractivity contribution >= 4 is 28.1 Å². The van der Waals surface area contributed by atoms with E-state index in [1.54, 1.807) is 30.3 Å². The molecule has 10 heteroatoms. The van der Waals surface area contributed by atoms with Crippen molar-refractivity contribution in [3.8, 4) is 0 Å². The van der Waals surface area contributed by atoms with Crippen molar-refractivity contribution in [2.45, 2.75) is 31.2 Å². The maximum atomic E-state index is 13.9. The normalized spacial score (nSPS) is 17.5. The van der Waals surface area contributed by atoms with E-state index in [1.165, 1.54) is 35.7 Å². The molecule has 1 aromatic carbocycles. The minimum Gasteiger partial charge on any atom is -0.467 e. The van der Waals surface area contributed by atoms with E-state index in [2.05, 4.69) is 10.5 Å². The Hall–Kier alpha value is -3.24. The van der Waals surface area contributed by atoms with Crippen LogP contribution in [0.5, 0.6) is 0 Å². The van der Waals surface area contributed by atoms with Crippen LogP contribution in [0.1, 0.15) is 35.6 Å². The monoisotopic (exact) mass is 473 g/mol. The molecule has 0 saturated carbocycles. The van der Waals surface area contributed by atoms with Crippen LogP contribution in [-0.2, 0) is 21.4 Å². The lowest BCUT2D eigenvalue weighted by molar-refractivity contribution is -0.126. The first kappa shape index (κ1) is 22.9. The third kappa shape index (κ3) is 5.07. The third-order valence-electron chi connectivity index (χ3n) is 5.52. The highest BCUT2D eigenvalue weighted by Gasteiger charge is 2.36. The number of benzene rings is 1. The summed E-state index contributed by atoms with van der Waals surface area (Å²) in [5, 5.41) is 6.61. The van der Waals surface area contributed by atoms with Gasteiger partial charge in [0.1, 0.15) is 17.3 Å². The zero-order chi connectivity index (χ0) is 23.4. The van der Waals surface area contributed by atoms with Gasteiger partial charge in [-0.1, -0.05) is 23.4 Å². The molecule has 0 bridgehead atoms. The molecule has 0 radical (unpaired) electrons. The second kappa shape index (κ2) is 9.72. The number of piperidine rings is 1. The molecule has 1 fully saturated rings. The third-order valence-corrected chi connectivity index (χ3v) is 7.55. The number of furan rings is 1. The van der Waals surface area contributed by atoms with Gasteiger partial charge < -0.3 is 14.3 Å². The van der Waals surface area contributed by atoms with Gasteiger partial charge in [-0.05, 0) is 50.1 Å². The maximum absolute atomic E-state index is 13.9. The summed E-state index contributed by atoms with van der Waals surface area (Å²) in [4.78, 5) is 12.5. The second-order valence-electron chi connectivity index (χ2n) is 7.82. The Morgan fingerprint density at radius 1 is 1.27 bits per heavy atom. The molecule has 2 aromatic heterocycles. The second-order valence-corrected chi connectivity index (χ2v) is 9.69. The number of nitrogens with zero attached hydrogens (tertiary/aromatic N) is 2. The van der Waals surface area contributed by atoms with Crippen molar-refractivity contribution in [1.29, 1.82) is 0 Å². The summed E-state index contributed by atoms with van der Waals surface area (Å²) in [5.41, 5.74) is 0.494. The summed E-state index contributed by atoms with van der Waals surface area (Å²) in [7, 11) is -3.99. The van der Waals surface area contributed by atoms with E-state index in [0.29, 0.717) is 24.2 Å². The number of halogens is 1. The predicted molar refractivity (Wildman–Crippen MR) is 119 cm³/mol. The van der Waals surface area contributed by atoms with Gasteiger partial charge in [0.15, 0.2) is 10.7 Å². The fourth-order valence-corrected chi connectivity index (χ4v) is 5.58. The molecular weight excluding hydrogens is 449 g/mol. The van der Waals surface area contributed by atoms with Crippen molar-refractivity contribution in [1.82, 2.24) is 14.8 Å². The van der Waals surface area contributed by atoms with Crippen molar-refractivity contribution < 1.29 is 26.5 Å². The number of aromatic nitrogens is 1. The van der Waals surface area contributed by atoms with Crippen LogP contribution in [0.3, 0.4) is 0 Å². The molecule has 1 atom stereocenters. The lowest BCUT2D eigenvalue weighted by Gasteiger charge is -2.31. The van der Waals surface area contributed by atoms with Crippen LogP contribution in [0.25, 0.3) is 12.2 Å². The predicted octanol–water partition coefficient (Wildman–Crippen LogP) is 3.60. The van der Waals surface area contributed by atoms with Crippen molar-refractivity contribution in [2.24, 2.45) is 5.92 Å². The molecule has 1 N–H and O–H groups in total. The average molecular weight is 474 g/mol. The Morgan fingerprint density at radius 2 is 2.09 bits per heavy atom. The number of amides is 1. The number of rotatable bonds is 7. The molecule has 3 aromatic rings. The van der Waals surface area contributed by atoms with E-state index in [4.69, 9.17) is 8.94 Å². The minimum absolute atomic E-state index is 0.0140. The van der Waals surface area contributed by atoms with Crippen molar-refractivity contribution in [3.63, 3.8) is 0 Å². The topological polar surface area (TPSA) is 106 Å². The fraction of sp³-hybridized carbons (Fsp3) is 0.304. The van der Waals surface area contributed by atoms with Gasteiger partial charge in [0.2, 0.25) is 15.9 Å². The number of aryl methyl sites for hydroxylation is 1. The Morgan fingerprint density at radius 3 is 2.85 bits per heavy atom. The number of nitrogens with one attached hydrogen (secondary N) is 1. The first-order valence-corrected chi connectivity index (χ1v) is 12.0. The van der Waals surface area contributed by atoms with E-state index in [0.717, 1.165) is 0 Å². The van der Waals surface area contributed by atoms with Gasteiger partial charge in [-0.15, -0.1) is 0 Å². The molecule has 33 heavy (non-hydrogen) atoms. The summed E-state index contributed by atoms with van der Waals surface area (Å²) in [6, 6.07) is 9.61. The molecule has 3 heterocycles. The van der Waals surface area contributed by atoms with Gasteiger partial charge in [-0.25, -0.2) is 12.8 Å². The zero-order valence-electron chi connectivity index (χ0n) is 18.0. The van der Waals surface area contributed by atoms with Crippen LogP contribution in [-0.4, -0.2) is 36.9 Å². The van der Waals surface area contributed by atoms with Crippen LogP contribution in [0.15, 0.2) is 56.5 Å². The van der Waals surface area contributed by atoms with Crippen LogP contribution in [0.2, 0.25) is 0 Å². The summed E-state index contributed by atoms with van der Waals surface area (Å²) in [6.07, 6.45) is 5.48. The van der Waals surface area contributed by atoms with Crippen molar-refractivity contribution in [3.05, 3.63) is 71.3 Å². The van der Waals surface area contributed by atoms with E-state index in [9.17, 15) is 17.6 Å². The van der Waals surface area contributed by atoms with Gasteiger partial charge >= 0.3 is 0 Å². The Labute approximate surface area is 191 Å². The molecule has 4 rings (SSSR count). The largest absolute Gasteiger partial charge is 0.467 e. The highest BCUT2D eigenvalue weighted by atomic mass is 32.2. The van der Waals surface area contributed by atoms with Gasteiger partial charge in [0, 0.05) is 18.7 Å². The van der Waals surface area contributed by atoms with Gasteiger partial charge in [-0.2, -0.15) is 4.31 Å². The molecule has 1 aliphatic heterocycles. The molecule has 1 aliphatic rings. The van der Waals surface area contributed by atoms with Crippen LogP contribution in [0.4, 0.5) is 4.39 Å². The Kier molecular flexibility index (Phi) is 6.75. The molecule has 0 aliphatic carbocycles. The lowest BCUT2D eigenvalue weighted by Crippen LogP contribution is -2.45. The summed E-state index contributed by atoms with van der Waals surface area (Å²) >= 11 is 0. The van der Waals surface area contributed by atoms with E-state index < -0.39 is 21.8 Å². The smallest absolute Gasteiger partial charge is 0.248 e. The number of sulfonamides is 1. The maximum Gasteiger partial charge on any atom is 0.248 e. The van der Waals surface area contributed by atoms with Crippen LogP contribution >= 0.6 is 0 Å². The SMILES string of the molecule is Cc1noc(/C=C/c2ccccc2F)c1S(=O)(=O)N1CCCC(C(=O)NCc2ccco2)C1. The molecule has 1 amide bonds. The van der Waals surface area contributed by atoms with E-state index in [1.807, 2.05) is 0 Å². The zero-order valence-corrected chi connectivity index (χ0v) is 18.8. The van der Waals surface area contributed by atoms with E-state index in [-0.39, 0.29) is 41.9 Å². The first-order valence-electron chi connectivity index (χ1n) is 10.6. The number of carbonyl (C=O) groups is 1. The Bertz CT molecular complexity index is 1250. The summed E-state index contributed by atoms with van der Waals surface area (Å²) in [5.74, 6) is -0.516. The quantitative estimate of drug-likeness (QED) is 0.562. The van der Waals surface area contributed by atoms with Crippen LogP contribution in [0, 0.1) is 18.7 Å². The molecule has 1 saturated heterocycles. The first-order chi connectivity index (χ1) is 15.9. The van der Waals surface area contributed by atoms with Crippen LogP contribution < -0.4 is 5.32 Å². The van der Waals surface area contributed by atoms with Gasteiger partial charge in [-0.3, -0.25) is 4.79 Å². The van der Waals surface area contributed by atoms with E-state index >= 15 is 0 Å². The summed E-state index contributed by atoms with van der Waals surface area (Å²) in [6.45, 7) is 2.11. The van der Waals surface area contributed by atoms with Gasteiger partial charge in [0.25, 0.3) is 0 Å². The fourth-order valence-electron chi connectivity index (χ4n) is 3.81. The number of hydrogen-bond acceptors (Lipinski definition) is 6. The highest BCUT2D eigenvalue weighted by molar-refractivity contribution is 7.89. The molecule has 8 nitrogen and oxygen atoms in total. The average Bonchev–Trinajstić information content (AvgIpc) is 3.47. The Balaban J connectivity index is 1.51. The molecule has 174 valence electrons.